The van der Waals surface area contributed by atoms with Gasteiger partial charge in [0.15, 0.2) is 21.3 Å². The van der Waals surface area contributed by atoms with Crippen LogP contribution in [0.4, 0.5) is 0 Å². The number of aromatic nitrogens is 3. The van der Waals surface area contributed by atoms with Crippen molar-refractivity contribution in [2.24, 2.45) is 0 Å². The van der Waals surface area contributed by atoms with Crippen LogP contribution in [0.5, 0.6) is 0 Å². The molecule has 132 valence electrons. The molecule has 1 aliphatic rings. The molecule has 8 nitrogen and oxygen atoms in total. The van der Waals surface area contributed by atoms with E-state index in [0.29, 0.717) is 5.56 Å². The number of carbonyl (C=O) groups is 2. The van der Waals surface area contributed by atoms with E-state index in [9.17, 15) is 18.0 Å². The van der Waals surface area contributed by atoms with Gasteiger partial charge in [-0.25, -0.2) is 17.9 Å². The van der Waals surface area contributed by atoms with Crippen LogP contribution in [-0.2, 0) is 21.1 Å². The second-order valence-electron chi connectivity index (χ2n) is 6.09. The monoisotopic (exact) mass is 363 g/mol. The molecule has 2 aromatic rings. The maximum Gasteiger partial charge on any atom is 0.360 e. The lowest BCUT2D eigenvalue weighted by Gasteiger charge is -2.09. The van der Waals surface area contributed by atoms with Gasteiger partial charge >= 0.3 is 5.97 Å². The minimum atomic E-state index is -3.82. The number of hydrogen-bond acceptors (Lipinski definition) is 7. The molecular weight excluding hydrogens is 346 g/mol. The predicted molar refractivity (Wildman–Crippen MR) is 87.2 cm³/mol. The number of fused-ring (bicyclic) bond motifs is 1. The zero-order valence-corrected chi connectivity index (χ0v) is 14.8. The first-order chi connectivity index (χ1) is 11.8. The summed E-state index contributed by atoms with van der Waals surface area (Å²) in [6, 6.07) is 4.87. The quantitative estimate of drug-likeness (QED) is 0.752. The Morgan fingerprint density at radius 2 is 2.08 bits per heavy atom. The molecule has 0 saturated heterocycles. The first-order valence-corrected chi connectivity index (χ1v) is 9.21. The molecule has 0 bridgehead atoms. The van der Waals surface area contributed by atoms with E-state index in [1.165, 1.54) is 24.1 Å². The van der Waals surface area contributed by atoms with Gasteiger partial charge in [0, 0.05) is 5.56 Å². The molecule has 1 aromatic carbocycles. The number of carbonyl (C=O) groups excluding carboxylic acids is 2. The molecule has 0 N–H and O–H groups in total. The Balaban J connectivity index is 1.99. The summed E-state index contributed by atoms with van der Waals surface area (Å²) in [5.74, 6) is -1.11. The van der Waals surface area contributed by atoms with Gasteiger partial charge in [0.25, 0.3) is 0 Å². The lowest BCUT2D eigenvalue weighted by molar-refractivity contribution is 0.0593. The molecule has 0 aliphatic carbocycles. The van der Waals surface area contributed by atoms with Crippen LogP contribution in [0.2, 0.25) is 0 Å². The van der Waals surface area contributed by atoms with E-state index in [-0.39, 0.29) is 28.6 Å². The van der Waals surface area contributed by atoms with Crippen molar-refractivity contribution in [3.05, 3.63) is 41.2 Å². The van der Waals surface area contributed by atoms with Crippen molar-refractivity contribution in [3.8, 4) is 0 Å². The van der Waals surface area contributed by atoms with Gasteiger partial charge in [-0.2, -0.15) is 0 Å². The summed E-state index contributed by atoms with van der Waals surface area (Å²) in [5, 5.41) is 6.06. The van der Waals surface area contributed by atoms with E-state index >= 15 is 0 Å². The first-order valence-electron chi connectivity index (χ1n) is 7.66. The summed E-state index contributed by atoms with van der Waals surface area (Å²) in [5.41, 5.74) is 0.920. The van der Waals surface area contributed by atoms with Gasteiger partial charge < -0.3 is 4.74 Å². The van der Waals surface area contributed by atoms with E-state index in [1.807, 2.05) is 13.8 Å². The number of nitrogens with zero attached hydrogens (tertiary/aromatic N) is 3. The molecular formula is C16H17N3O5S. The molecule has 0 spiro atoms. The summed E-state index contributed by atoms with van der Waals surface area (Å²) in [6.45, 7) is 3.60. The lowest BCUT2D eigenvalue weighted by atomic mass is 9.94. The standard InChI is InChI=1S/C16H17N3O5S/c1-9(2)10-5-4-6-12-14(10)15(20)13(25(12,22)23)8-19-7-11(17-18-19)16(21)24-3/h4-7,9,13H,8H2,1-3H3. The van der Waals surface area contributed by atoms with Crippen molar-refractivity contribution in [2.45, 2.75) is 36.5 Å². The molecule has 3 rings (SSSR count). The molecule has 9 heteroatoms. The Kier molecular flexibility index (Phi) is 4.19. The molecule has 1 aliphatic heterocycles. The van der Waals surface area contributed by atoms with Crippen molar-refractivity contribution in [1.82, 2.24) is 15.0 Å². The molecule has 0 fully saturated rings. The highest BCUT2D eigenvalue weighted by Gasteiger charge is 2.46. The third-order valence-electron chi connectivity index (χ3n) is 4.19. The van der Waals surface area contributed by atoms with Gasteiger partial charge in [-0.1, -0.05) is 31.2 Å². The second kappa shape index (κ2) is 6.07. The number of benzene rings is 1. The van der Waals surface area contributed by atoms with Gasteiger partial charge in [0.1, 0.15) is 5.25 Å². The number of rotatable bonds is 4. The zero-order valence-electron chi connectivity index (χ0n) is 14.0. The fourth-order valence-corrected chi connectivity index (χ4v) is 4.75. The van der Waals surface area contributed by atoms with E-state index in [4.69, 9.17) is 0 Å². The topological polar surface area (TPSA) is 108 Å². The van der Waals surface area contributed by atoms with Crippen LogP contribution in [0.3, 0.4) is 0 Å². The predicted octanol–water partition coefficient (Wildman–Crippen LogP) is 1.23. The minimum absolute atomic E-state index is 0.0187. The average Bonchev–Trinajstić information content (AvgIpc) is 3.12. The number of sulfone groups is 1. The van der Waals surface area contributed by atoms with E-state index in [0.717, 1.165) is 0 Å². The SMILES string of the molecule is COC(=O)c1cn(CC2C(=O)c3c(C(C)C)cccc3S2(=O)=O)nn1. The molecule has 0 radical (unpaired) electrons. The van der Waals surface area contributed by atoms with Crippen LogP contribution in [-0.4, -0.2) is 47.5 Å². The molecule has 25 heavy (non-hydrogen) atoms. The van der Waals surface area contributed by atoms with Gasteiger partial charge in [-0.15, -0.1) is 5.10 Å². The molecule has 1 atom stereocenters. The molecule has 0 amide bonds. The summed E-state index contributed by atoms with van der Waals surface area (Å²) >= 11 is 0. The fraction of sp³-hybridized carbons (Fsp3) is 0.375. The number of esters is 1. The highest BCUT2D eigenvalue weighted by atomic mass is 32.2. The van der Waals surface area contributed by atoms with Crippen LogP contribution in [0.15, 0.2) is 29.3 Å². The van der Waals surface area contributed by atoms with Gasteiger partial charge in [-0.05, 0) is 17.5 Å². The molecule has 1 aromatic heterocycles. The Labute approximate surface area is 144 Å². The minimum Gasteiger partial charge on any atom is -0.464 e. The zero-order chi connectivity index (χ0) is 18.4. The largest absolute Gasteiger partial charge is 0.464 e. The smallest absolute Gasteiger partial charge is 0.360 e. The Morgan fingerprint density at radius 3 is 2.72 bits per heavy atom. The summed E-state index contributed by atoms with van der Waals surface area (Å²) in [7, 11) is -2.62. The summed E-state index contributed by atoms with van der Waals surface area (Å²) in [4.78, 5) is 24.3. The van der Waals surface area contributed by atoms with Gasteiger partial charge in [0.05, 0.1) is 24.7 Å². The molecule has 2 heterocycles. The number of Topliss-reactive ketones (excluding diaryl/α,β-unsaturated/α-hetero) is 1. The van der Waals surface area contributed by atoms with Gasteiger partial charge in [-0.3, -0.25) is 4.79 Å². The van der Waals surface area contributed by atoms with Crippen LogP contribution >= 0.6 is 0 Å². The second-order valence-corrected chi connectivity index (χ2v) is 8.19. The Morgan fingerprint density at radius 1 is 1.36 bits per heavy atom. The normalized spacial score (nSPS) is 18.4. The Hall–Kier alpha value is -2.55. The van der Waals surface area contributed by atoms with Crippen LogP contribution in [0.1, 0.15) is 46.2 Å². The number of ketones is 1. The average molecular weight is 363 g/mol. The molecule has 1 unspecified atom stereocenters. The van der Waals surface area contributed by atoms with Crippen LogP contribution in [0, 0.1) is 0 Å². The third-order valence-corrected chi connectivity index (χ3v) is 6.25. The van der Waals surface area contributed by atoms with E-state index < -0.39 is 26.8 Å². The van der Waals surface area contributed by atoms with Crippen molar-refractivity contribution in [2.75, 3.05) is 7.11 Å². The number of hydrogen-bond donors (Lipinski definition) is 0. The maximum absolute atomic E-state index is 12.8. The van der Waals surface area contributed by atoms with Crippen molar-refractivity contribution >= 4 is 21.6 Å². The van der Waals surface area contributed by atoms with E-state index in [1.54, 1.807) is 12.1 Å². The maximum atomic E-state index is 12.8. The first kappa shape index (κ1) is 17.3. The highest BCUT2D eigenvalue weighted by Crippen LogP contribution is 2.36. The van der Waals surface area contributed by atoms with Gasteiger partial charge in [0.2, 0.25) is 0 Å². The lowest BCUT2D eigenvalue weighted by Crippen LogP contribution is -2.28. The van der Waals surface area contributed by atoms with Crippen molar-refractivity contribution in [1.29, 1.82) is 0 Å². The van der Waals surface area contributed by atoms with E-state index in [2.05, 4.69) is 15.0 Å². The Bertz CT molecular complexity index is 962. The highest BCUT2D eigenvalue weighted by molar-refractivity contribution is 7.93. The summed E-state index contributed by atoms with van der Waals surface area (Å²) < 4.78 is 31.3. The fourth-order valence-electron chi connectivity index (χ4n) is 2.92. The third kappa shape index (κ3) is 2.74. The summed E-state index contributed by atoms with van der Waals surface area (Å²) in [6.07, 6.45) is 1.26. The number of ether oxygens (including phenoxy) is 1. The molecule has 0 saturated carbocycles. The number of methoxy groups -OCH3 is 1. The van der Waals surface area contributed by atoms with Crippen molar-refractivity contribution in [3.63, 3.8) is 0 Å². The van der Waals surface area contributed by atoms with Crippen molar-refractivity contribution < 1.29 is 22.7 Å². The van der Waals surface area contributed by atoms with Crippen LogP contribution in [0.25, 0.3) is 0 Å². The van der Waals surface area contributed by atoms with Crippen LogP contribution < -0.4 is 0 Å².